The van der Waals surface area contributed by atoms with E-state index in [0.29, 0.717) is 41.9 Å². The van der Waals surface area contributed by atoms with Crippen molar-refractivity contribution >= 4 is 40.7 Å². The first-order valence-corrected chi connectivity index (χ1v) is 7.97. The molecule has 6 nitrogen and oxygen atoms in total. The minimum absolute atomic E-state index is 0.167. The van der Waals surface area contributed by atoms with E-state index in [4.69, 9.17) is 27.7 Å². The summed E-state index contributed by atoms with van der Waals surface area (Å²) in [6, 6.07) is 6.68. The second kappa shape index (κ2) is 6.68. The number of hydrogen-bond donors (Lipinski definition) is 1. The lowest BCUT2D eigenvalue weighted by Gasteiger charge is -2.34. The molecule has 8 heteroatoms. The Morgan fingerprint density at radius 1 is 1.13 bits per heavy atom. The highest BCUT2D eigenvalue weighted by molar-refractivity contribution is 6.35. The number of nitrogens with one attached hydrogen (secondary N) is 1. The maximum absolute atomic E-state index is 12.3. The molecule has 0 atom stereocenters. The van der Waals surface area contributed by atoms with Gasteiger partial charge in [-0.3, -0.25) is 0 Å². The fourth-order valence-corrected chi connectivity index (χ4v) is 3.00. The smallest absolute Gasteiger partial charge is 0.321 e. The van der Waals surface area contributed by atoms with E-state index < -0.39 is 0 Å². The van der Waals surface area contributed by atoms with Crippen LogP contribution in [0.4, 0.5) is 16.3 Å². The van der Waals surface area contributed by atoms with Crippen molar-refractivity contribution in [1.29, 1.82) is 0 Å². The largest absolute Gasteiger partial charge is 0.360 e. The maximum atomic E-state index is 12.3. The normalized spacial score (nSPS) is 14.9. The van der Waals surface area contributed by atoms with E-state index in [1.54, 1.807) is 23.1 Å². The first-order valence-electron chi connectivity index (χ1n) is 7.21. The molecule has 0 spiro atoms. The summed E-state index contributed by atoms with van der Waals surface area (Å²) in [6.07, 6.45) is 0. The van der Waals surface area contributed by atoms with Gasteiger partial charge < -0.3 is 19.6 Å². The monoisotopic (exact) mass is 354 g/mol. The second-order valence-electron chi connectivity index (χ2n) is 5.36. The average molecular weight is 355 g/mol. The van der Waals surface area contributed by atoms with Gasteiger partial charge >= 0.3 is 6.03 Å². The lowest BCUT2D eigenvalue weighted by Crippen LogP contribution is -2.50. The van der Waals surface area contributed by atoms with Gasteiger partial charge in [0.05, 0.1) is 0 Å². The van der Waals surface area contributed by atoms with E-state index in [1.807, 2.05) is 13.0 Å². The van der Waals surface area contributed by atoms with Crippen molar-refractivity contribution in [3.63, 3.8) is 0 Å². The molecule has 0 saturated carbocycles. The van der Waals surface area contributed by atoms with Crippen molar-refractivity contribution in [2.75, 3.05) is 36.4 Å². The van der Waals surface area contributed by atoms with Gasteiger partial charge in [0.2, 0.25) is 0 Å². The number of benzene rings is 1. The number of aryl methyl sites for hydroxylation is 1. The SMILES string of the molecule is Cc1cc(N2CCN(C(=O)Nc3cc(Cl)cc(Cl)c3)CC2)no1. The van der Waals surface area contributed by atoms with Crippen molar-refractivity contribution < 1.29 is 9.32 Å². The summed E-state index contributed by atoms with van der Waals surface area (Å²) in [5.74, 6) is 1.59. The zero-order chi connectivity index (χ0) is 16.4. The van der Waals surface area contributed by atoms with Crippen LogP contribution in [0.5, 0.6) is 0 Å². The second-order valence-corrected chi connectivity index (χ2v) is 6.23. The van der Waals surface area contributed by atoms with Crippen LogP contribution in [0.15, 0.2) is 28.8 Å². The molecule has 1 N–H and O–H groups in total. The third kappa shape index (κ3) is 3.89. The summed E-state index contributed by atoms with van der Waals surface area (Å²) in [7, 11) is 0. The van der Waals surface area contributed by atoms with Crippen LogP contribution in [-0.4, -0.2) is 42.3 Å². The Kier molecular flexibility index (Phi) is 4.63. The Hall–Kier alpha value is -1.92. The predicted molar refractivity (Wildman–Crippen MR) is 90.5 cm³/mol. The molecule has 1 saturated heterocycles. The number of amides is 2. The van der Waals surface area contributed by atoms with Crippen LogP contribution < -0.4 is 10.2 Å². The topological polar surface area (TPSA) is 61.6 Å². The molecular formula is C15H16Cl2N4O2. The highest BCUT2D eigenvalue weighted by Gasteiger charge is 2.23. The van der Waals surface area contributed by atoms with E-state index in [9.17, 15) is 4.79 Å². The number of halogens is 2. The molecule has 0 aliphatic carbocycles. The number of urea groups is 1. The number of hydrogen-bond acceptors (Lipinski definition) is 4. The number of piperazine rings is 1. The van der Waals surface area contributed by atoms with Gasteiger partial charge in [0.25, 0.3) is 0 Å². The Morgan fingerprint density at radius 2 is 1.78 bits per heavy atom. The number of rotatable bonds is 2. The van der Waals surface area contributed by atoms with Crippen LogP contribution in [0.3, 0.4) is 0 Å². The molecule has 1 aliphatic rings. The first kappa shape index (κ1) is 16.0. The zero-order valence-electron chi connectivity index (χ0n) is 12.6. The van der Waals surface area contributed by atoms with Crippen LogP contribution in [0.1, 0.15) is 5.76 Å². The number of carbonyl (C=O) groups excluding carboxylic acids is 1. The van der Waals surface area contributed by atoms with Gasteiger partial charge in [-0.25, -0.2) is 4.79 Å². The standard InChI is InChI=1S/C15H16Cl2N4O2/c1-10-6-14(19-23-10)20-2-4-21(5-3-20)15(22)18-13-8-11(16)7-12(17)9-13/h6-9H,2-5H2,1H3,(H,18,22). The Labute approximate surface area is 143 Å². The van der Waals surface area contributed by atoms with E-state index in [2.05, 4.69) is 15.4 Å². The molecule has 2 heterocycles. The minimum atomic E-state index is -0.167. The van der Waals surface area contributed by atoms with E-state index in [0.717, 1.165) is 11.6 Å². The van der Waals surface area contributed by atoms with Gasteiger partial charge in [0, 0.05) is 48.0 Å². The Balaban J connectivity index is 1.57. The molecule has 1 aromatic heterocycles. The summed E-state index contributed by atoms with van der Waals surface area (Å²) in [5, 5.41) is 7.79. The number of anilines is 2. The number of carbonyl (C=O) groups is 1. The molecule has 23 heavy (non-hydrogen) atoms. The third-order valence-corrected chi connectivity index (χ3v) is 4.06. The van der Waals surface area contributed by atoms with Gasteiger partial charge in [-0.15, -0.1) is 0 Å². The molecular weight excluding hydrogens is 339 g/mol. The molecule has 122 valence electrons. The van der Waals surface area contributed by atoms with Crippen molar-refractivity contribution in [2.24, 2.45) is 0 Å². The Bertz CT molecular complexity index is 691. The number of aromatic nitrogens is 1. The highest BCUT2D eigenvalue weighted by atomic mass is 35.5. The maximum Gasteiger partial charge on any atom is 0.321 e. The molecule has 2 amide bonds. The van der Waals surface area contributed by atoms with Crippen molar-refractivity contribution in [3.05, 3.63) is 40.1 Å². The van der Waals surface area contributed by atoms with E-state index in [-0.39, 0.29) is 6.03 Å². The van der Waals surface area contributed by atoms with Gasteiger partial charge in [0.1, 0.15) is 5.76 Å². The molecule has 0 radical (unpaired) electrons. The fourth-order valence-electron chi connectivity index (χ4n) is 2.47. The highest BCUT2D eigenvalue weighted by Crippen LogP contribution is 2.23. The van der Waals surface area contributed by atoms with Gasteiger partial charge in [-0.2, -0.15) is 0 Å². The van der Waals surface area contributed by atoms with E-state index in [1.165, 1.54) is 0 Å². The minimum Gasteiger partial charge on any atom is -0.360 e. The molecule has 1 aliphatic heterocycles. The first-order chi connectivity index (χ1) is 11.0. The van der Waals surface area contributed by atoms with Crippen molar-refractivity contribution in [1.82, 2.24) is 10.1 Å². The number of nitrogens with zero attached hydrogens (tertiary/aromatic N) is 3. The summed E-state index contributed by atoms with van der Waals surface area (Å²) in [6.45, 7) is 4.47. The van der Waals surface area contributed by atoms with Crippen LogP contribution in [0.25, 0.3) is 0 Å². The quantitative estimate of drug-likeness (QED) is 0.893. The van der Waals surface area contributed by atoms with Crippen molar-refractivity contribution in [2.45, 2.75) is 6.92 Å². The molecule has 2 aromatic rings. The van der Waals surface area contributed by atoms with Crippen LogP contribution in [0.2, 0.25) is 10.0 Å². The summed E-state index contributed by atoms with van der Waals surface area (Å²) in [4.78, 5) is 16.2. The lowest BCUT2D eigenvalue weighted by atomic mass is 10.3. The lowest BCUT2D eigenvalue weighted by molar-refractivity contribution is 0.208. The molecule has 1 aromatic carbocycles. The molecule has 3 rings (SSSR count). The average Bonchev–Trinajstić information content (AvgIpc) is 2.93. The van der Waals surface area contributed by atoms with Gasteiger partial charge in [-0.1, -0.05) is 28.4 Å². The molecule has 0 unspecified atom stereocenters. The zero-order valence-corrected chi connectivity index (χ0v) is 14.1. The van der Waals surface area contributed by atoms with Gasteiger partial charge in [0.15, 0.2) is 5.82 Å². The third-order valence-electron chi connectivity index (χ3n) is 3.62. The van der Waals surface area contributed by atoms with Crippen LogP contribution in [-0.2, 0) is 0 Å². The van der Waals surface area contributed by atoms with Crippen LogP contribution in [0, 0.1) is 6.92 Å². The van der Waals surface area contributed by atoms with Crippen LogP contribution >= 0.6 is 23.2 Å². The fraction of sp³-hybridized carbons (Fsp3) is 0.333. The van der Waals surface area contributed by atoms with Crippen molar-refractivity contribution in [3.8, 4) is 0 Å². The summed E-state index contributed by atoms with van der Waals surface area (Å²) < 4.78 is 5.08. The van der Waals surface area contributed by atoms with E-state index >= 15 is 0 Å². The predicted octanol–water partition coefficient (Wildman–Crippen LogP) is 3.64. The molecule has 0 bridgehead atoms. The summed E-state index contributed by atoms with van der Waals surface area (Å²) >= 11 is 11.9. The van der Waals surface area contributed by atoms with Gasteiger partial charge in [-0.05, 0) is 25.1 Å². The molecule has 1 fully saturated rings. The summed E-state index contributed by atoms with van der Waals surface area (Å²) in [5.41, 5.74) is 0.585. The Morgan fingerprint density at radius 3 is 2.35 bits per heavy atom.